The molecule has 0 radical (unpaired) electrons. The fourth-order valence-electron chi connectivity index (χ4n) is 2.94. The molecule has 0 amide bonds. The third-order valence-corrected chi connectivity index (χ3v) is 3.95. The lowest BCUT2D eigenvalue weighted by molar-refractivity contribution is -0.127. The molecule has 0 aromatic heterocycles. The summed E-state index contributed by atoms with van der Waals surface area (Å²) in [6.07, 6.45) is -4.07. The maximum atomic E-state index is 12.4. The van der Waals surface area contributed by atoms with Crippen LogP contribution in [0.4, 0.5) is 13.2 Å². The molecule has 0 aliphatic heterocycles. The topological polar surface area (TPSA) is 17.1 Å². The summed E-state index contributed by atoms with van der Waals surface area (Å²) < 4.78 is 37.3. The molecule has 0 saturated carbocycles. The van der Waals surface area contributed by atoms with Crippen LogP contribution in [0.15, 0.2) is 54.6 Å². The highest BCUT2D eigenvalue weighted by Crippen LogP contribution is 2.37. The van der Waals surface area contributed by atoms with Crippen LogP contribution in [-0.2, 0) is 11.2 Å². The van der Waals surface area contributed by atoms with Crippen LogP contribution >= 0.6 is 0 Å². The first-order chi connectivity index (χ1) is 10.9. The van der Waals surface area contributed by atoms with Gasteiger partial charge in [0.2, 0.25) is 0 Å². The van der Waals surface area contributed by atoms with Crippen LogP contribution in [0.3, 0.4) is 0 Å². The van der Waals surface area contributed by atoms with E-state index >= 15 is 0 Å². The zero-order valence-electron chi connectivity index (χ0n) is 12.4. The fourth-order valence-corrected chi connectivity index (χ4v) is 2.94. The van der Waals surface area contributed by atoms with Gasteiger partial charge < -0.3 is 0 Å². The van der Waals surface area contributed by atoms with Gasteiger partial charge in [0, 0.05) is 12.0 Å². The molecule has 1 aliphatic rings. The van der Waals surface area contributed by atoms with Gasteiger partial charge >= 0.3 is 6.18 Å². The Bertz CT molecular complexity index is 740. The van der Waals surface area contributed by atoms with Gasteiger partial charge in [0.15, 0.2) is 5.78 Å². The monoisotopic (exact) mass is 316 g/mol. The average Bonchev–Trinajstić information content (AvgIpc) is 2.89. The van der Waals surface area contributed by atoms with Crippen molar-refractivity contribution in [1.29, 1.82) is 0 Å². The summed E-state index contributed by atoms with van der Waals surface area (Å²) >= 11 is 0. The maximum absolute atomic E-state index is 12.4. The lowest BCUT2D eigenvalue weighted by Gasteiger charge is -2.10. The molecule has 4 heteroatoms. The number of Topliss-reactive ketones (excluding diaryl/α,β-unsaturated/α-hetero) is 1. The van der Waals surface area contributed by atoms with E-state index in [4.69, 9.17) is 0 Å². The number of benzene rings is 2. The second kappa shape index (κ2) is 6.03. The number of hydrogen-bond donors (Lipinski definition) is 0. The molecule has 0 spiro atoms. The third kappa shape index (κ3) is 3.52. The molecule has 0 saturated heterocycles. The van der Waals surface area contributed by atoms with Crippen LogP contribution in [0.1, 0.15) is 29.5 Å². The van der Waals surface area contributed by atoms with Crippen LogP contribution in [-0.4, -0.2) is 12.0 Å². The van der Waals surface area contributed by atoms with E-state index in [0.29, 0.717) is 18.4 Å². The number of carbonyl (C=O) groups excluding carboxylic acids is 1. The summed E-state index contributed by atoms with van der Waals surface area (Å²) in [5, 5.41) is 0. The Morgan fingerprint density at radius 2 is 1.48 bits per heavy atom. The molecular weight excluding hydrogens is 301 g/mol. The van der Waals surface area contributed by atoms with Crippen molar-refractivity contribution in [2.24, 2.45) is 0 Å². The molecule has 0 fully saturated rings. The van der Waals surface area contributed by atoms with E-state index in [0.717, 1.165) is 16.7 Å². The van der Waals surface area contributed by atoms with Gasteiger partial charge in [-0.05, 0) is 28.7 Å². The van der Waals surface area contributed by atoms with Gasteiger partial charge in [0.1, 0.15) is 0 Å². The fraction of sp³-hybridized carbons (Fsp3) is 0.211. The van der Waals surface area contributed by atoms with Crippen molar-refractivity contribution < 1.29 is 18.0 Å². The Labute approximate surface area is 132 Å². The molecule has 0 unspecified atom stereocenters. The van der Waals surface area contributed by atoms with E-state index in [-0.39, 0.29) is 11.3 Å². The molecule has 1 nitrogen and oxygen atoms in total. The Hall–Kier alpha value is -2.36. The number of halogens is 3. The van der Waals surface area contributed by atoms with E-state index < -0.39 is 12.6 Å². The molecular formula is C19H15F3O. The molecule has 2 aromatic carbocycles. The number of allylic oxidation sites excluding steroid dienone is 2. The molecule has 0 atom stereocenters. The SMILES string of the molecule is O=C1CCC(c2ccc(CC(F)(F)F)cc2)=C1c1ccccc1. The van der Waals surface area contributed by atoms with E-state index in [1.807, 2.05) is 30.3 Å². The number of carbonyl (C=O) groups is 1. The highest BCUT2D eigenvalue weighted by Gasteiger charge is 2.28. The van der Waals surface area contributed by atoms with Gasteiger partial charge in [0.05, 0.1) is 6.42 Å². The summed E-state index contributed by atoms with van der Waals surface area (Å²) in [6.45, 7) is 0. The van der Waals surface area contributed by atoms with Crippen LogP contribution < -0.4 is 0 Å². The minimum absolute atomic E-state index is 0.0885. The molecule has 3 rings (SSSR count). The van der Waals surface area contributed by atoms with E-state index in [1.165, 1.54) is 12.1 Å². The Kier molecular flexibility index (Phi) is 4.07. The van der Waals surface area contributed by atoms with Gasteiger partial charge in [0.25, 0.3) is 0 Å². The summed E-state index contributed by atoms with van der Waals surface area (Å²) in [7, 11) is 0. The largest absolute Gasteiger partial charge is 0.393 e. The molecule has 2 aromatic rings. The van der Waals surface area contributed by atoms with E-state index in [1.54, 1.807) is 12.1 Å². The number of ketones is 1. The number of alkyl halides is 3. The molecule has 1 aliphatic carbocycles. The first-order valence-corrected chi connectivity index (χ1v) is 7.42. The van der Waals surface area contributed by atoms with Gasteiger partial charge in [-0.15, -0.1) is 0 Å². The highest BCUT2D eigenvalue weighted by atomic mass is 19.4. The molecule has 0 N–H and O–H groups in total. The highest BCUT2D eigenvalue weighted by molar-refractivity contribution is 6.31. The quantitative estimate of drug-likeness (QED) is 0.773. The second-order valence-electron chi connectivity index (χ2n) is 5.63. The predicted octanol–water partition coefficient (Wildman–Crippen LogP) is 5.07. The Morgan fingerprint density at radius 3 is 2.09 bits per heavy atom. The van der Waals surface area contributed by atoms with Crippen LogP contribution in [0, 0.1) is 0 Å². The lowest BCUT2D eigenvalue weighted by atomic mass is 9.96. The average molecular weight is 316 g/mol. The van der Waals surface area contributed by atoms with Gasteiger partial charge in [-0.25, -0.2) is 0 Å². The summed E-state index contributed by atoms with van der Waals surface area (Å²) in [4.78, 5) is 12.2. The van der Waals surface area contributed by atoms with E-state index in [2.05, 4.69) is 0 Å². The third-order valence-electron chi connectivity index (χ3n) is 3.95. The van der Waals surface area contributed by atoms with Gasteiger partial charge in [-0.1, -0.05) is 54.6 Å². The molecule has 0 heterocycles. The number of rotatable bonds is 3. The standard InChI is InChI=1S/C19H15F3O/c20-19(21,22)12-13-6-8-14(9-7-13)16-10-11-17(23)18(16)15-4-2-1-3-5-15/h1-9H,10-12H2. The first-order valence-electron chi connectivity index (χ1n) is 7.42. The molecule has 0 bridgehead atoms. The first kappa shape index (κ1) is 15.5. The maximum Gasteiger partial charge on any atom is 0.393 e. The van der Waals surface area contributed by atoms with Crippen LogP contribution in [0.25, 0.3) is 11.1 Å². The minimum Gasteiger partial charge on any atom is -0.294 e. The lowest BCUT2D eigenvalue weighted by Crippen LogP contribution is -2.11. The smallest absolute Gasteiger partial charge is 0.294 e. The zero-order chi connectivity index (χ0) is 16.4. The predicted molar refractivity (Wildman–Crippen MR) is 83.7 cm³/mol. The van der Waals surface area contributed by atoms with Crippen molar-refractivity contribution in [3.63, 3.8) is 0 Å². The normalized spacial score (nSPS) is 15.3. The van der Waals surface area contributed by atoms with Crippen molar-refractivity contribution in [3.05, 3.63) is 71.3 Å². The van der Waals surface area contributed by atoms with Gasteiger partial charge in [-0.2, -0.15) is 13.2 Å². The van der Waals surface area contributed by atoms with Gasteiger partial charge in [-0.3, -0.25) is 4.79 Å². The summed E-state index contributed by atoms with van der Waals surface area (Å²) in [6, 6.07) is 15.7. The Morgan fingerprint density at radius 1 is 0.826 bits per heavy atom. The molecule has 23 heavy (non-hydrogen) atoms. The van der Waals surface area contributed by atoms with Crippen molar-refractivity contribution >= 4 is 16.9 Å². The summed E-state index contributed by atoms with van der Waals surface area (Å²) in [5.74, 6) is 0.0885. The minimum atomic E-state index is -4.21. The van der Waals surface area contributed by atoms with Crippen molar-refractivity contribution in [3.8, 4) is 0 Å². The zero-order valence-corrected chi connectivity index (χ0v) is 12.4. The summed E-state index contributed by atoms with van der Waals surface area (Å²) in [5.41, 5.74) is 3.52. The molecule has 118 valence electrons. The van der Waals surface area contributed by atoms with E-state index in [9.17, 15) is 18.0 Å². The van der Waals surface area contributed by atoms with Crippen molar-refractivity contribution in [1.82, 2.24) is 0 Å². The van der Waals surface area contributed by atoms with Crippen LogP contribution in [0.2, 0.25) is 0 Å². The number of hydrogen-bond acceptors (Lipinski definition) is 1. The van der Waals surface area contributed by atoms with Crippen molar-refractivity contribution in [2.45, 2.75) is 25.4 Å². The second-order valence-corrected chi connectivity index (χ2v) is 5.63. The Balaban J connectivity index is 1.96. The van der Waals surface area contributed by atoms with Crippen LogP contribution in [0.5, 0.6) is 0 Å². The van der Waals surface area contributed by atoms with Crippen molar-refractivity contribution in [2.75, 3.05) is 0 Å².